The molecule has 0 aliphatic carbocycles. The van der Waals surface area contributed by atoms with Gasteiger partial charge in [0.25, 0.3) is 11.9 Å². The van der Waals surface area contributed by atoms with Crippen LogP contribution in [0.15, 0.2) is 52.9 Å². The third kappa shape index (κ3) is 2.55. The average molecular weight is 295 g/mol. The largest absolute Gasteiger partial charge is 0.462 e. The molecular formula is C18H17NO3. The molecule has 0 radical (unpaired) electrons. The highest BCUT2D eigenvalue weighted by atomic mass is 16.6. The highest BCUT2D eigenvalue weighted by Crippen LogP contribution is 2.35. The van der Waals surface area contributed by atoms with E-state index in [-0.39, 0.29) is 11.9 Å². The Kier molecular flexibility index (Phi) is 3.59. The first kappa shape index (κ1) is 14.2. The predicted octanol–water partition coefficient (Wildman–Crippen LogP) is 3.99. The second kappa shape index (κ2) is 5.56. The molecule has 0 fully saturated rings. The lowest BCUT2D eigenvalue weighted by Crippen LogP contribution is -2.10. The third-order valence-electron chi connectivity index (χ3n) is 3.35. The van der Waals surface area contributed by atoms with Crippen molar-refractivity contribution in [2.24, 2.45) is 5.73 Å². The zero-order valence-corrected chi connectivity index (χ0v) is 12.5. The van der Waals surface area contributed by atoms with Crippen LogP contribution in [-0.4, -0.2) is 12.0 Å². The summed E-state index contributed by atoms with van der Waals surface area (Å²) >= 11 is 0. The Bertz CT molecular complexity index is 819. The minimum Gasteiger partial charge on any atom is -0.462 e. The van der Waals surface area contributed by atoms with E-state index in [0.29, 0.717) is 11.3 Å². The van der Waals surface area contributed by atoms with Gasteiger partial charge in [-0.2, -0.15) is 0 Å². The first-order valence-corrected chi connectivity index (χ1v) is 7.14. The van der Waals surface area contributed by atoms with E-state index in [2.05, 4.69) is 0 Å². The quantitative estimate of drug-likeness (QED) is 0.791. The molecule has 3 aromatic rings. The molecule has 0 atom stereocenters. The summed E-state index contributed by atoms with van der Waals surface area (Å²) in [5.74, 6) is -0.141. The summed E-state index contributed by atoms with van der Waals surface area (Å²) in [4.78, 5) is 11.5. The minimum atomic E-state index is -0.601. The Hall–Kier alpha value is -2.75. The molecule has 2 N–H and O–H groups in total. The van der Waals surface area contributed by atoms with Crippen molar-refractivity contribution >= 4 is 16.7 Å². The molecule has 2 aromatic carbocycles. The SMILES string of the molecule is CC(C)Oc1oc(C(N)=O)c2ccc(-c3ccccc3)cc12. The number of furan rings is 1. The number of nitrogens with two attached hydrogens (primary N) is 1. The van der Waals surface area contributed by atoms with Crippen molar-refractivity contribution in [3.63, 3.8) is 0 Å². The van der Waals surface area contributed by atoms with Crippen LogP contribution in [0, 0.1) is 0 Å². The normalized spacial score (nSPS) is 11.0. The Balaban J connectivity index is 2.19. The second-order valence-electron chi connectivity index (χ2n) is 5.38. The molecule has 0 aliphatic rings. The van der Waals surface area contributed by atoms with Crippen molar-refractivity contribution in [3.8, 4) is 17.1 Å². The molecule has 0 bridgehead atoms. The average Bonchev–Trinajstić information content (AvgIpc) is 2.86. The summed E-state index contributed by atoms with van der Waals surface area (Å²) in [5.41, 5.74) is 7.50. The van der Waals surface area contributed by atoms with Crippen molar-refractivity contribution < 1.29 is 13.9 Å². The van der Waals surface area contributed by atoms with Crippen molar-refractivity contribution in [2.75, 3.05) is 0 Å². The standard InChI is InChI=1S/C18H17NO3/c1-11(2)21-18-15-10-13(12-6-4-3-5-7-12)8-9-14(15)16(22-18)17(19)20/h3-11H,1-2H3,(H2,19,20). The number of carbonyl (C=O) groups excluding carboxylic acids is 1. The minimum absolute atomic E-state index is 0.0598. The summed E-state index contributed by atoms with van der Waals surface area (Å²) < 4.78 is 11.2. The molecule has 112 valence electrons. The maximum Gasteiger partial charge on any atom is 0.293 e. The highest BCUT2D eigenvalue weighted by molar-refractivity contribution is 6.06. The Morgan fingerprint density at radius 1 is 1.05 bits per heavy atom. The Labute approximate surface area is 128 Å². The molecule has 4 heteroatoms. The molecule has 22 heavy (non-hydrogen) atoms. The molecule has 3 rings (SSSR count). The van der Waals surface area contributed by atoms with E-state index in [1.54, 1.807) is 0 Å². The van der Waals surface area contributed by atoms with Gasteiger partial charge in [0.15, 0.2) is 0 Å². The number of primary amides is 1. The van der Waals surface area contributed by atoms with Crippen LogP contribution in [0.1, 0.15) is 24.4 Å². The lowest BCUT2D eigenvalue weighted by atomic mass is 10.0. The number of ether oxygens (including phenoxy) is 1. The molecule has 4 nitrogen and oxygen atoms in total. The van der Waals surface area contributed by atoms with Crippen molar-refractivity contribution in [1.82, 2.24) is 0 Å². The smallest absolute Gasteiger partial charge is 0.293 e. The van der Waals surface area contributed by atoms with Gasteiger partial charge in [0.05, 0.1) is 11.5 Å². The molecule has 1 heterocycles. The van der Waals surface area contributed by atoms with Crippen LogP contribution in [0.4, 0.5) is 0 Å². The number of amides is 1. The van der Waals surface area contributed by atoms with E-state index in [0.717, 1.165) is 16.5 Å². The highest BCUT2D eigenvalue weighted by Gasteiger charge is 2.19. The van der Waals surface area contributed by atoms with Crippen LogP contribution in [-0.2, 0) is 0 Å². The van der Waals surface area contributed by atoms with E-state index in [1.165, 1.54) is 0 Å². The summed E-state index contributed by atoms with van der Waals surface area (Å²) in [6, 6.07) is 15.7. The van der Waals surface area contributed by atoms with Crippen LogP contribution in [0.3, 0.4) is 0 Å². The lowest BCUT2D eigenvalue weighted by Gasteiger charge is -2.07. The van der Waals surface area contributed by atoms with Gasteiger partial charge >= 0.3 is 0 Å². The maximum absolute atomic E-state index is 11.5. The van der Waals surface area contributed by atoms with Crippen LogP contribution < -0.4 is 10.5 Å². The number of benzene rings is 2. The number of hydrogen-bond acceptors (Lipinski definition) is 3. The zero-order chi connectivity index (χ0) is 15.7. The predicted molar refractivity (Wildman–Crippen MR) is 85.9 cm³/mol. The summed E-state index contributed by atoms with van der Waals surface area (Å²) in [5, 5.41) is 1.42. The van der Waals surface area contributed by atoms with Crippen molar-refractivity contribution in [1.29, 1.82) is 0 Å². The Morgan fingerprint density at radius 2 is 1.77 bits per heavy atom. The molecule has 0 saturated heterocycles. The van der Waals surface area contributed by atoms with Gasteiger partial charge in [-0.3, -0.25) is 4.79 Å². The van der Waals surface area contributed by atoms with Crippen LogP contribution in [0.5, 0.6) is 5.95 Å². The molecule has 1 aromatic heterocycles. The van der Waals surface area contributed by atoms with Gasteiger partial charge in [0, 0.05) is 5.39 Å². The third-order valence-corrected chi connectivity index (χ3v) is 3.35. The van der Waals surface area contributed by atoms with Gasteiger partial charge in [-0.15, -0.1) is 0 Å². The van der Waals surface area contributed by atoms with E-state index in [9.17, 15) is 4.79 Å². The van der Waals surface area contributed by atoms with E-state index < -0.39 is 5.91 Å². The first-order valence-electron chi connectivity index (χ1n) is 7.14. The number of rotatable bonds is 4. The monoisotopic (exact) mass is 295 g/mol. The van der Waals surface area contributed by atoms with Gasteiger partial charge in [-0.05, 0) is 37.1 Å². The van der Waals surface area contributed by atoms with E-state index >= 15 is 0 Å². The van der Waals surface area contributed by atoms with Crippen LogP contribution in [0.2, 0.25) is 0 Å². The van der Waals surface area contributed by atoms with E-state index in [4.69, 9.17) is 14.9 Å². The number of hydrogen-bond donors (Lipinski definition) is 1. The summed E-state index contributed by atoms with van der Waals surface area (Å²) in [6.45, 7) is 3.80. The van der Waals surface area contributed by atoms with Crippen LogP contribution in [0.25, 0.3) is 21.9 Å². The van der Waals surface area contributed by atoms with Crippen LogP contribution >= 0.6 is 0 Å². The fraction of sp³-hybridized carbons (Fsp3) is 0.167. The Morgan fingerprint density at radius 3 is 2.41 bits per heavy atom. The zero-order valence-electron chi connectivity index (χ0n) is 12.5. The maximum atomic E-state index is 11.5. The first-order chi connectivity index (χ1) is 10.6. The molecule has 0 unspecified atom stereocenters. The van der Waals surface area contributed by atoms with Gasteiger partial charge in [-0.25, -0.2) is 0 Å². The summed E-state index contributed by atoms with van der Waals surface area (Å²) in [6.07, 6.45) is -0.0598. The fourth-order valence-electron chi connectivity index (χ4n) is 2.41. The molecular weight excluding hydrogens is 278 g/mol. The lowest BCUT2D eigenvalue weighted by molar-refractivity contribution is 0.0961. The molecule has 0 saturated carbocycles. The number of fused-ring (bicyclic) bond motifs is 1. The van der Waals surface area contributed by atoms with Gasteiger partial charge in [0.2, 0.25) is 5.76 Å². The van der Waals surface area contributed by atoms with E-state index in [1.807, 2.05) is 62.4 Å². The molecule has 1 amide bonds. The van der Waals surface area contributed by atoms with Gasteiger partial charge in [-0.1, -0.05) is 36.4 Å². The van der Waals surface area contributed by atoms with Gasteiger partial charge < -0.3 is 14.9 Å². The molecule has 0 spiro atoms. The topological polar surface area (TPSA) is 65.5 Å². The summed E-state index contributed by atoms with van der Waals surface area (Å²) in [7, 11) is 0. The number of carbonyl (C=O) groups is 1. The fourth-order valence-corrected chi connectivity index (χ4v) is 2.41. The van der Waals surface area contributed by atoms with Crippen molar-refractivity contribution in [3.05, 3.63) is 54.3 Å². The van der Waals surface area contributed by atoms with Gasteiger partial charge in [0.1, 0.15) is 0 Å². The molecule has 0 aliphatic heterocycles. The van der Waals surface area contributed by atoms with Crippen molar-refractivity contribution in [2.45, 2.75) is 20.0 Å². The second-order valence-corrected chi connectivity index (χ2v) is 5.38.